The highest BCUT2D eigenvalue weighted by molar-refractivity contribution is 8.01. The van der Waals surface area contributed by atoms with Crippen molar-refractivity contribution in [2.75, 3.05) is 0 Å². The minimum atomic E-state index is 0.420. The van der Waals surface area contributed by atoms with Crippen LogP contribution in [0.1, 0.15) is 12.0 Å². The van der Waals surface area contributed by atoms with Crippen LogP contribution < -0.4 is 0 Å². The van der Waals surface area contributed by atoms with Crippen LogP contribution in [-0.2, 0) is 0 Å². The first-order chi connectivity index (χ1) is 21.3. The van der Waals surface area contributed by atoms with Gasteiger partial charge in [0.1, 0.15) is 0 Å². The quantitative estimate of drug-likeness (QED) is 0.207. The number of benzene rings is 4. The first kappa shape index (κ1) is 25.6. The predicted molar refractivity (Wildman–Crippen MR) is 176 cm³/mol. The second kappa shape index (κ2) is 10.9. The summed E-state index contributed by atoms with van der Waals surface area (Å²) < 4.78 is 0. The van der Waals surface area contributed by atoms with Crippen LogP contribution in [0.25, 0.3) is 62.0 Å². The number of allylic oxidation sites excluding steroid dienone is 3. The fourth-order valence-electron chi connectivity index (χ4n) is 5.83. The van der Waals surface area contributed by atoms with Crippen molar-refractivity contribution in [3.63, 3.8) is 0 Å². The third-order valence-corrected chi connectivity index (χ3v) is 9.36. The molecule has 0 fully saturated rings. The zero-order chi connectivity index (χ0) is 28.6. The molecule has 0 radical (unpaired) electrons. The van der Waals surface area contributed by atoms with Gasteiger partial charge in [-0.25, -0.2) is 15.0 Å². The van der Waals surface area contributed by atoms with Gasteiger partial charge < -0.3 is 0 Å². The van der Waals surface area contributed by atoms with Crippen molar-refractivity contribution < 1.29 is 0 Å². The SMILES string of the molecule is C1=CCC2Sc3c(ccc(-c4nc(-c5ccccc5)nc(-c5ccccc5)n4)c3-c3ccc(-c4ccncc4)cc3)C2=C1. The van der Waals surface area contributed by atoms with Crippen molar-refractivity contribution in [1.82, 2.24) is 19.9 Å². The smallest absolute Gasteiger partial charge is 0.164 e. The predicted octanol–water partition coefficient (Wildman–Crippen LogP) is 9.42. The van der Waals surface area contributed by atoms with Crippen LogP contribution >= 0.6 is 11.8 Å². The molecule has 0 spiro atoms. The highest BCUT2D eigenvalue weighted by Crippen LogP contribution is 2.53. The number of thioether (sulfide) groups is 1. The summed E-state index contributed by atoms with van der Waals surface area (Å²) in [5.74, 6) is 2.00. The Morgan fingerprint density at radius 1 is 0.535 bits per heavy atom. The number of aromatic nitrogens is 4. The maximum absolute atomic E-state index is 5.10. The van der Waals surface area contributed by atoms with Gasteiger partial charge in [0.15, 0.2) is 17.5 Å². The lowest BCUT2D eigenvalue weighted by Gasteiger charge is -2.16. The van der Waals surface area contributed by atoms with Gasteiger partial charge in [-0.1, -0.05) is 109 Å². The molecular formula is C38H26N4S. The van der Waals surface area contributed by atoms with Gasteiger partial charge in [-0.2, -0.15) is 0 Å². The highest BCUT2D eigenvalue weighted by atomic mass is 32.2. The van der Waals surface area contributed by atoms with E-state index in [1.807, 2.05) is 72.7 Å². The Kier molecular flexibility index (Phi) is 6.50. The van der Waals surface area contributed by atoms with Gasteiger partial charge in [0.05, 0.1) is 0 Å². The van der Waals surface area contributed by atoms with Crippen molar-refractivity contribution in [2.45, 2.75) is 16.6 Å². The van der Waals surface area contributed by atoms with Gasteiger partial charge in [-0.15, -0.1) is 11.8 Å². The molecule has 0 bridgehead atoms. The monoisotopic (exact) mass is 570 g/mol. The standard InChI is InChI=1S/C38H26N4S/c1-3-9-28(10-4-1)36-40-37(29-11-5-2-6-12-29)42-38(41-36)32-20-19-31-30-13-7-8-14-33(30)43-35(31)34(32)27-17-15-25(16-18-27)26-21-23-39-24-22-26/h1-13,15-24,33H,14H2. The van der Waals surface area contributed by atoms with E-state index in [1.54, 1.807) is 0 Å². The Morgan fingerprint density at radius 3 is 1.79 bits per heavy atom. The van der Waals surface area contributed by atoms with Gasteiger partial charge in [-0.05, 0) is 52.4 Å². The van der Waals surface area contributed by atoms with Gasteiger partial charge in [-0.3, -0.25) is 4.98 Å². The fraction of sp³-hybridized carbons (Fsp3) is 0.0526. The second-order valence-corrected chi connectivity index (χ2v) is 11.8. The Bertz CT molecular complexity index is 1940. The third kappa shape index (κ3) is 4.78. The molecule has 204 valence electrons. The third-order valence-electron chi connectivity index (χ3n) is 7.97. The van der Waals surface area contributed by atoms with E-state index in [9.17, 15) is 0 Å². The summed E-state index contributed by atoms with van der Waals surface area (Å²) in [7, 11) is 0. The van der Waals surface area contributed by atoms with Crippen molar-refractivity contribution in [1.29, 1.82) is 0 Å². The zero-order valence-corrected chi connectivity index (χ0v) is 24.1. The number of hydrogen-bond donors (Lipinski definition) is 0. The number of rotatable bonds is 5. The molecule has 1 unspecified atom stereocenters. The summed E-state index contributed by atoms with van der Waals surface area (Å²) in [6.45, 7) is 0. The molecule has 5 heteroatoms. The summed E-state index contributed by atoms with van der Waals surface area (Å²) in [5.41, 5.74) is 10.3. The zero-order valence-electron chi connectivity index (χ0n) is 23.3. The molecule has 0 saturated heterocycles. The van der Waals surface area contributed by atoms with Crippen LogP contribution in [-0.4, -0.2) is 25.2 Å². The number of nitrogens with zero attached hydrogens (tertiary/aromatic N) is 4. The molecule has 1 aliphatic heterocycles. The van der Waals surface area contributed by atoms with Crippen LogP contribution in [0, 0.1) is 0 Å². The molecule has 43 heavy (non-hydrogen) atoms. The molecule has 2 aliphatic rings. The summed E-state index contributed by atoms with van der Waals surface area (Å²) in [4.78, 5) is 20.6. The van der Waals surface area contributed by atoms with E-state index >= 15 is 0 Å². The second-order valence-electron chi connectivity index (χ2n) is 10.6. The van der Waals surface area contributed by atoms with E-state index in [-0.39, 0.29) is 0 Å². The van der Waals surface area contributed by atoms with Crippen LogP contribution in [0.3, 0.4) is 0 Å². The average Bonchev–Trinajstić information content (AvgIpc) is 3.48. The minimum Gasteiger partial charge on any atom is -0.265 e. The highest BCUT2D eigenvalue weighted by Gasteiger charge is 2.32. The van der Waals surface area contributed by atoms with Crippen molar-refractivity contribution >= 4 is 17.3 Å². The molecule has 4 aromatic carbocycles. The summed E-state index contributed by atoms with van der Waals surface area (Å²) in [6.07, 6.45) is 11.4. The molecule has 1 atom stereocenters. The van der Waals surface area contributed by atoms with Crippen LogP contribution in [0.5, 0.6) is 0 Å². The first-order valence-corrected chi connectivity index (χ1v) is 15.3. The van der Waals surface area contributed by atoms with Crippen LogP contribution in [0.4, 0.5) is 0 Å². The molecule has 1 aliphatic carbocycles. The lowest BCUT2D eigenvalue weighted by Crippen LogP contribution is -2.02. The summed E-state index contributed by atoms with van der Waals surface area (Å²) in [5, 5.41) is 0.420. The first-order valence-electron chi connectivity index (χ1n) is 14.4. The van der Waals surface area contributed by atoms with Crippen LogP contribution in [0.2, 0.25) is 0 Å². The van der Waals surface area contributed by atoms with Crippen molar-refractivity contribution in [3.8, 4) is 56.4 Å². The molecule has 0 amide bonds. The van der Waals surface area contributed by atoms with Crippen molar-refractivity contribution in [2.24, 2.45) is 0 Å². The lowest BCUT2D eigenvalue weighted by molar-refractivity contribution is 1.07. The van der Waals surface area contributed by atoms with Gasteiger partial charge in [0.25, 0.3) is 0 Å². The average molecular weight is 571 g/mol. The Balaban J connectivity index is 1.35. The van der Waals surface area contributed by atoms with Crippen molar-refractivity contribution in [3.05, 3.63) is 145 Å². The normalized spacial score (nSPS) is 15.1. The minimum absolute atomic E-state index is 0.420. The fourth-order valence-corrected chi connectivity index (χ4v) is 7.32. The Hall–Kier alpha value is -5.13. The number of pyridine rings is 1. The molecule has 4 nitrogen and oxygen atoms in total. The molecule has 0 N–H and O–H groups in total. The molecule has 2 aromatic heterocycles. The van der Waals surface area contributed by atoms with E-state index < -0.39 is 0 Å². The maximum atomic E-state index is 5.10. The van der Waals surface area contributed by atoms with Gasteiger partial charge >= 0.3 is 0 Å². The van der Waals surface area contributed by atoms with Crippen LogP contribution in [0.15, 0.2) is 145 Å². The lowest BCUT2D eigenvalue weighted by atomic mass is 9.90. The molecule has 0 saturated carbocycles. The maximum Gasteiger partial charge on any atom is 0.164 e. The molecule has 3 heterocycles. The Labute approximate surface area is 255 Å². The van der Waals surface area contributed by atoms with E-state index in [2.05, 4.69) is 83.9 Å². The van der Waals surface area contributed by atoms with E-state index in [0.29, 0.717) is 22.7 Å². The topological polar surface area (TPSA) is 51.6 Å². The summed E-state index contributed by atoms with van der Waals surface area (Å²) in [6, 6.07) is 37.7. The largest absolute Gasteiger partial charge is 0.265 e. The van der Waals surface area contributed by atoms with Gasteiger partial charge in [0.2, 0.25) is 0 Å². The Morgan fingerprint density at radius 2 is 1.12 bits per heavy atom. The van der Waals surface area contributed by atoms with Gasteiger partial charge in [0, 0.05) is 44.8 Å². The number of hydrogen-bond acceptors (Lipinski definition) is 5. The van der Waals surface area contributed by atoms with E-state index in [0.717, 1.165) is 39.8 Å². The van der Waals surface area contributed by atoms with E-state index in [4.69, 9.17) is 15.0 Å². The summed E-state index contributed by atoms with van der Waals surface area (Å²) >= 11 is 1.95. The molecular weight excluding hydrogens is 545 g/mol. The molecule has 6 aromatic rings. The number of fused-ring (bicyclic) bond motifs is 3. The molecule has 8 rings (SSSR count). The van der Waals surface area contributed by atoms with E-state index in [1.165, 1.54) is 21.6 Å².